The van der Waals surface area contributed by atoms with E-state index in [4.69, 9.17) is 4.74 Å². The number of nitriles is 1. The van der Waals surface area contributed by atoms with E-state index in [1.165, 1.54) is 0 Å². The normalized spacial score (nSPS) is 17.1. The van der Waals surface area contributed by atoms with Crippen molar-refractivity contribution >= 4 is 11.3 Å². The standard InChI is InChI=1S/C12H9N3OS/c13-6-12(7-16-8-12)10-5-17-11(15-10)9-1-3-14-4-2-9/h1-5H,7-8H2. The molecule has 2 aromatic heterocycles. The molecular formula is C12H9N3OS. The molecule has 0 spiro atoms. The summed E-state index contributed by atoms with van der Waals surface area (Å²) >= 11 is 1.55. The second kappa shape index (κ2) is 3.91. The van der Waals surface area contributed by atoms with Gasteiger partial charge in [0.25, 0.3) is 0 Å². The Balaban J connectivity index is 1.97. The van der Waals surface area contributed by atoms with Crippen LogP contribution in [0.25, 0.3) is 10.6 Å². The topological polar surface area (TPSA) is 58.8 Å². The van der Waals surface area contributed by atoms with E-state index in [9.17, 15) is 5.26 Å². The van der Waals surface area contributed by atoms with Crippen LogP contribution in [0.4, 0.5) is 0 Å². The van der Waals surface area contributed by atoms with Gasteiger partial charge in [0.15, 0.2) is 0 Å². The fourth-order valence-electron chi connectivity index (χ4n) is 1.70. The summed E-state index contributed by atoms with van der Waals surface area (Å²) in [5.74, 6) is 0. The van der Waals surface area contributed by atoms with Gasteiger partial charge in [-0.25, -0.2) is 4.98 Å². The number of nitrogens with zero attached hydrogens (tertiary/aromatic N) is 3. The Morgan fingerprint density at radius 2 is 2.12 bits per heavy atom. The molecule has 0 N–H and O–H groups in total. The van der Waals surface area contributed by atoms with Crippen LogP contribution in [0.5, 0.6) is 0 Å². The average Bonchev–Trinajstić information content (AvgIpc) is 2.80. The lowest BCUT2D eigenvalue weighted by molar-refractivity contribution is -0.0314. The predicted octanol–water partition coefficient (Wildman–Crippen LogP) is 2.00. The second-order valence-electron chi connectivity index (χ2n) is 3.96. The molecule has 0 bridgehead atoms. The highest BCUT2D eigenvalue weighted by molar-refractivity contribution is 7.13. The highest BCUT2D eigenvalue weighted by Crippen LogP contribution is 2.34. The zero-order valence-corrected chi connectivity index (χ0v) is 9.78. The third kappa shape index (κ3) is 1.62. The summed E-state index contributed by atoms with van der Waals surface area (Å²) < 4.78 is 5.13. The zero-order chi connectivity index (χ0) is 11.7. The second-order valence-corrected chi connectivity index (χ2v) is 4.82. The van der Waals surface area contributed by atoms with Crippen LogP contribution in [0, 0.1) is 11.3 Å². The van der Waals surface area contributed by atoms with Gasteiger partial charge in [-0.3, -0.25) is 4.98 Å². The van der Waals surface area contributed by atoms with Crippen LogP contribution in [0.1, 0.15) is 5.69 Å². The van der Waals surface area contributed by atoms with Crippen LogP contribution in [0.3, 0.4) is 0 Å². The molecule has 17 heavy (non-hydrogen) atoms. The van der Waals surface area contributed by atoms with Gasteiger partial charge in [-0.05, 0) is 12.1 Å². The van der Waals surface area contributed by atoms with E-state index < -0.39 is 5.41 Å². The van der Waals surface area contributed by atoms with E-state index in [-0.39, 0.29) is 0 Å². The lowest BCUT2D eigenvalue weighted by Crippen LogP contribution is -2.45. The SMILES string of the molecule is N#CC1(c2csc(-c3ccncc3)n2)COC1. The van der Waals surface area contributed by atoms with Gasteiger partial charge in [0.2, 0.25) is 0 Å². The van der Waals surface area contributed by atoms with E-state index >= 15 is 0 Å². The molecular weight excluding hydrogens is 234 g/mol. The Labute approximate surface area is 103 Å². The third-order valence-corrected chi connectivity index (χ3v) is 3.72. The fourth-order valence-corrected chi connectivity index (χ4v) is 2.62. The van der Waals surface area contributed by atoms with Crippen LogP contribution in [-0.2, 0) is 10.2 Å². The Kier molecular flexibility index (Phi) is 2.39. The molecule has 3 heterocycles. The summed E-state index contributed by atoms with van der Waals surface area (Å²) in [4.78, 5) is 8.51. The summed E-state index contributed by atoms with van der Waals surface area (Å²) in [6.07, 6.45) is 3.48. The van der Waals surface area contributed by atoms with E-state index in [2.05, 4.69) is 16.0 Å². The minimum Gasteiger partial charge on any atom is -0.377 e. The highest BCUT2D eigenvalue weighted by atomic mass is 32.1. The van der Waals surface area contributed by atoms with Crippen molar-refractivity contribution < 1.29 is 4.74 Å². The van der Waals surface area contributed by atoms with E-state index in [0.717, 1.165) is 16.3 Å². The van der Waals surface area contributed by atoms with Crippen molar-refractivity contribution in [2.75, 3.05) is 13.2 Å². The molecule has 84 valence electrons. The van der Waals surface area contributed by atoms with Gasteiger partial charge >= 0.3 is 0 Å². The summed E-state index contributed by atoms with van der Waals surface area (Å²) in [5, 5.41) is 12.1. The first kappa shape index (κ1) is 10.4. The molecule has 1 fully saturated rings. The molecule has 0 aliphatic carbocycles. The van der Waals surface area contributed by atoms with Crippen molar-refractivity contribution in [1.29, 1.82) is 5.26 Å². The average molecular weight is 243 g/mol. The maximum atomic E-state index is 9.19. The van der Waals surface area contributed by atoms with Gasteiger partial charge in [0.1, 0.15) is 10.4 Å². The quantitative estimate of drug-likeness (QED) is 0.809. The third-order valence-electron chi connectivity index (χ3n) is 2.83. The van der Waals surface area contributed by atoms with Gasteiger partial charge < -0.3 is 4.74 Å². The Morgan fingerprint density at radius 3 is 2.71 bits per heavy atom. The minimum absolute atomic E-state index is 0.447. The van der Waals surface area contributed by atoms with Crippen molar-refractivity contribution in [2.45, 2.75) is 5.41 Å². The number of thiazole rings is 1. The highest BCUT2D eigenvalue weighted by Gasteiger charge is 2.43. The summed E-state index contributed by atoms with van der Waals surface area (Å²) in [7, 11) is 0. The smallest absolute Gasteiger partial charge is 0.146 e. The molecule has 0 radical (unpaired) electrons. The molecule has 0 saturated carbocycles. The molecule has 0 unspecified atom stereocenters. The molecule has 1 saturated heterocycles. The Morgan fingerprint density at radius 1 is 1.35 bits per heavy atom. The van der Waals surface area contributed by atoms with Gasteiger partial charge in [-0.2, -0.15) is 5.26 Å². The lowest BCUT2D eigenvalue weighted by atomic mass is 9.85. The monoisotopic (exact) mass is 243 g/mol. The first-order valence-corrected chi connectivity index (χ1v) is 6.07. The molecule has 5 heteroatoms. The van der Waals surface area contributed by atoms with Crippen LogP contribution in [-0.4, -0.2) is 23.2 Å². The molecule has 4 nitrogen and oxygen atoms in total. The molecule has 0 atom stereocenters. The van der Waals surface area contributed by atoms with Gasteiger partial charge in [0.05, 0.1) is 25.0 Å². The van der Waals surface area contributed by atoms with Crippen LogP contribution in [0.15, 0.2) is 29.9 Å². The fraction of sp³-hybridized carbons (Fsp3) is 0.250. The Hall–Kier alpha value is -1.77. The summed E-state index contributed by atoms with van der Waals surface area (Å²) in [6.45, 7) is 0.895. The molecule has 0 aromatic carbocycles. The summed E-state index contributed by atoms with van der Waals surface area (Å²) in [5.41, 5.74) is 1.33. The molecule has 1 aliphatic rings. The predicted molar refractivity (Wildman–Crippen MR) is 63.5 cm³/mol. The number of rotatable bonds is 2. The number of hydrogen-bond donors (Lipinski definition) is 0. The van der Waals surface area contributed by atoms with Gasteiger partial charge in [0, 0.05) is 23.3 Å². The van der Waals surface area contributed by atoms with Crippen LogP contribution < -0.4 is 0 Å². The first-order chi connectivity index (χ1) is 8.34. The zero-order valence-electron chi connectivity index (χ0n) is 8.96. The van der Waals surface area contributed by atoms with Crippen molar-refractivity contribution in [3.63, 3.8) is 0 Å². The first-order valence-electron chi connectivity index (χ1n) is 5.19. The van der Waals surface area contributed by atoms with E-state index in [0.29, 0.717) is 13.2 Å². The molecule has 3 rings (SSSR count). The van der Waals surface area contributed by atoms with Crippen molar-refractivity contribution in [1.82, 2.24) is 9.97 Å². The number of ether oxygens (including phenoxy) is 1. The van der Waals surface area contributed by atoms with Crippen LogP contribution >= 0.6 is 11.3 Å². The van der Waals surface area contributed by atoms with Crippen LogP contribution in [0.2, 0.25) is 0 Å². The van der Waals surface area contributed by atoms with Crippen molar-refractivity contribution in [3.8, 4) is 16.6 Å². The molecule has 2 aromatic rings. The molecule has 1 aliphatic heterocycles. The number of hydrogen-bond acceptors (Lipinski definition) is 5. The summed E-state index contributed by atoms with van der Waals surface area (Å²) in [6, 6.07) is 6.13. The number of pyridine rings is 1. The van der Waals surface area contributed by atoms with Crippen molar-refractivity contribution in [2.24, 2.45) is 0 Å². The Bertz CT molecular complexity index is 569. The maximum absolute atomic E-state index is 9.19. The maximum Gasteiger partial charge on any atom is 0.146 e. The van der Waals surface area contributed by atoms with E-state index in [1.807, 2.05) is 17.5 Å². The number of aromatic nitrogens is 2. The van der Waals surface area contributed by atoms with Crippen molar-refractivity contribution in [3.05, 3.63) is 35.6 Å². The lowest BCUT2D eigenvalue weighted by Gasteiger charge is -2.33. The van der Waals surface area contributed by atoms with Gasteiger partial charge in [-0.15, -0.1) is 11.3 Å². The molecule has 0 amide bonds. The van der Waals surface area contributed by atoms with Gasteiger partial charge in [-0.1, -0.05) is 0 Å². The largest absolute Gasteiger partial charge is 0.377 e. The minimum atomic E-state index is -0.526. The van der Waals surface area contributed by atoms with E-state index in [1.54, 1.807) is 23.7 Å².